The quantitative estimate of drug-likeness (QED) is 0.457. The van der Waals surface area contributed by atoms with Crippen LogP contribution < -0.4 is 10.1 Å². The number of ether oxygens (including phenoxy) is 1. The molecule has 0 aliphatic carbocycles. The third-order valence-corrected chi connectivity index (χ3v) is 4.47. The molecule has 0 fully saturated rings. The fraction of sp³-hybridized carbons (Fsp3) is 0.417. The van der Waals surface area contributed by atoms with Gasteiger partial charge in [-0.3, -0.25) is 4.79 Å². The van der Waals surface area contributed by atoms with Gasteiger partial charge in [-0.15, -0.1) is 0 Å². The van der Waals surface area contributed by atoms with Crippen molar-refractivity contribution in [1.29, 1.82) is 0 Å². The van der Waals surface area contributed by atoms with Crippen LogP contribution >= 0.6 is 0 Å². The van der Waals surface area contributed by atoms with Crippen molar-refractivity contribution in [2.24, 2.45) is 0 Å². The van der Waals surface area contributed by atoms with Gasteiger partial charge in [0.1, 0.15) is 5.75 Å². The van der Waals surface area contributed by atoms with Crippen molar-refractivity contribution in [3.05, 3.63) is 65.2 Å². The van der Waals surface area contributed by atoms with Crippen LogP contribution in [0.2, 0.25) is 0 Å². The van der Waals surface area contributed by atoms with E-state index in [2.05, 4.69) is 50.4 Å². The summed E-state index contributed by atoms with van der Waals surface area (Å²) in [6.07, 6.45) is -4.09. The zero-order valence-corrected chi connectivity index (χ0v) is 18.9. The SMILES string of the molecule is CC(C)(C)c1ccc(CCOc2cccc(CNCCC(=O)O)c2)cc1.O=C(O)C(F)(F)F. The van der Waals surface area contributed by atoms with Crippen molar-refractivity contribution in [3.63, 3.8) is 0 Å². The van der Waals surface area contributed by atoms with Gasteiger partial charge >= 0.3 is 18.1 Å². The van der Waals surface area contributed by atoms with Gasteiger partial charge in [0.25, 0.3) is 0 Å². The number of benzene rings is 2. The van der Waals surface area contributed by atoms with E-state index >= 15 is 0 Å². The Kier molecular flexibility index (Phi) is 10.9. The molecule has 0 amide bonds. The summed E-state index contributed by atoms with van der Waals surface area (Å²) in [5.41, 5.74) is 3.87. The van der Waals surface area contributed by atoms with Gasteiger partial charge in [-0.25, -0.2) is 4.79 Å². The standard InChI is InChI=1S/C22H29NO3.C2HF3O2/c1-22(2,3)19-9-7-17(8-10-19)12-14-26-20-6-4-5-18(15-20)16-23-13-11-21(24)25;3-2(4,5)1(6)7/h4-10,15,23H,11-14,16H2,1-3H3,(H,24,25);(H,6,7). The number of alkyl halides is 3. The summed E-state index contributed by atoms with van der Waals surface area (Å²) in [7, 11) is 0. The molecule has 0 spiro atoms. The molecule has 2 aromatic rings. The second-order valence-corrected chi connectivity index (χ2v) is 8.32. The maximum atomic E-state index is 10.6. The third kappa shape index (κ3) is 11.9. The maximum absolute atomic E-state index is 10.6. The molecule has 0 aliphatic heterocycles. The number of halogens is 3. The molecule has 0 bridgehead atoms. The number of carboxylic acids is 2. The molecule has 2 rings (SSSR count). The van der Waals surface area contributed by atoms with Crippen molar-refractivity contribution < 1.29 is 37.7 Å². The molecule has 0 saturated carbocycles. The lowest BCUT2D eigenvalue weighted by atomic mass is 9.86. The van der Waals surface area contributed by atoms with Gasteiger partial charge in [-0.05, 0) is 34.2 Å². The predicted molar refractivity (Wildman–Crippen MR) is 118 cm³/mol. The highest BCUT2D eigenvalue weighted by Gasteiger charge is 2.38. The fourth-order valence-electron chi connectivity index (χ4n) is 2.63. The summed E-state index contributed by atoms with van der Waals surface area (Å²) in [5.74, 6) is -2.70. The lowest BCUT2D eigenvalue weighted by Gasteiger charge is -2.19. The van der Waals surface area contributed by atoms with Gasteiger partial charge in [-0.1, -0.05) is 57.2 Å². The number of aliphatic carboxylic acids is 2. The maximum Gasteiger partial charge on any atom is 0.490 e. The van der Waals surface area contributed by atoms with Gasteiger partial charge in [0.05, 0.1) is 13.0 Å². The Balaban J connectivity index is 0.000000675. The Morgan fingerprint density at radius 1 is 0.970 bits per heavy atom. The second-order valence-electron chi connectivity index (χ2n) is 8.32. The minimum atomic E-state index is -5.08. The van der Waals surface area contributed by atoms with Gasteiger partial charge in [0.2, 0.25) is 0 Å². The summed E-state index contributed by atoms with van der Waals surface area (Å²) in [6, 6.07) is 16.6. The van der Waals surface area contributed by atoms with E-state index in [0.29, 0.717) is 19.7 Å². The predicted octanol–water partition coefficient (Wildman–Crippen LogP) is 4.80. The van der Waals surface area contributed by atoms with E-state index in [9.17, 15) is 18.0 Å². The minimum Gasteiger partial charge on any atom is -0.493 e. The van der Waals surface area contributed by atoms with Crippen LogP contribution in [0.1, 0.15) is 43.9 Å². The van der Waals surface area contributed by atoms with Crippen LogP contribution in [-0.4, -0.2) is 41.5 Å². The first-order valence-electron chi connectivity index (χ1n) is 10.3. The normalized spacial score (nSPS) is 11.3. The van der Waals surface area contributed by atoms with E-state index in [4.69, 9.17) is 19.7 Å². The number of hydrogen-bond donors (Lipinski definition) is 3. The first-order valence-corrected chi connectivity index (χ1v) is 10.3. The van der Waals surface area contributed by atoms with Crippen LogP contribution in [0.25, 0.3) is 0 Å². The number of nitrogens with one attached hydrogen (secondary N) is 1. The number of rotatable bonds is 9. The molecule has 0 aliphatic rings. The minimum absolute atomic E-state index is 0.129. The van der Waals surface area contributed by atoms with Crippen molar-refractivity contribution in [2.45, 2.75) is 51.7 Å². The van der Waals surface area contributed by atoms with E-state index in [0.717, 1.165) is 17.7 Å². The average Bonchev–Trinajstić information content (AvgIpc) is 2.71. The Hall–Kier alpha value is -3.07. The topological polar surface area (TPSA) is 95.9 Å². The van der Waals surface area contributed by atoms with Crippen molar-refractivity contribution in [3.8, 4) is 5.75 Å². The molecule has 33 heavy (non-hydrogen) atoms. The highest BCUT2D eigenvalue weighted by Crippen LogP contribution is 2.22. The van der Waals surface area contributed by atoms with Gasteiger partial charge in [-0.2, -0.15) is 13.2 Å². The van der Waals surface area contributed by atoms with E-state index in [1.807, 2.05) is 24.3 Å². The molecule has 2 aromatic carbocycles. The van der Waals surface area contributed by atoms with Crippen LogP contribution in [0.15, 0.2) is 48.5 Å². The summed E-state index contributed by atoms with van der Waals surface area (Å²) in [6.45, 7) is 8.38. The number of hydrogen-bond acceptors (Lipinski definition) is 4. The zero-order valence-electron chi connectivity index (χ0n) is 18.9. The monoisotopic (exact) mass is 469 g/mol. The molecule has 0 radical (unpaired) electrons. The Labute approximate surface area is 191 Å². The van der Waals surface area contributed by atoms with Crippen LogP contribution in [0.3, 0.4) is 0 Å². The van der Waals surface area contributed by atoms with Gasteiger partial charge < -0.3 is 20.3 Å². The molecule has 182 valence electrons. The van der Waals surface area contributed by atoms with Crippen molar-refractivity contribution in [2.75, 3.05) is 13.2 Å². The summed E-state index contributed by atoms with van der Waals surface area (Å²) in [5, 5.41) is 18.9. The lowest BCUT2D eigenvalue weighted by molar-refractivity contribution is -0.192. The lowest BCUT2D eigenvalue weighted by Crippen LogP contribution is -2.21. The van der Waals surface area contributed by atoms with Gasteiger partial charge in [0.15, 0.2) is 0 Å². The fourth-order valence-corrected chi connectivity index (χ4v) is 2.63. The number of carbonyl (C=O) groups is 2. The van der Waals surface area contributed by atoms with Crippen LogP contribution in [-0.2, 0) is 28.0 Å². The van der Waals surface area contributed by atoms with E-state index in [1.54, 1.807) is 0 Å². The average molecular weight is 470 g/mol. The molecular formula is C24H30F3NO5. The largest absolute Gasteiger partial charge is 0.493 e. The molecule has 0 heterocycles. The summed E-state index contributed by atoms with van der Waals surface area (Å²) < 4.78 is 37.6. The van der Waals surface area contributed by atoms with Crippen LogP contribution in [0.5, 0.6) is 5.75 Å². The Bertz CT molecular complexity index is 890. The highest BCUT2D eigenvalue weighted by molar-refractivity contribution is 5.73. The molecule has 3 N–H and O–H groups in total. The van der Waals surface area contributed by atoms with E-state index < -0.39 is 18.1 Å². The molecule has 0 unspecified atom stereocenters. The van der Waals surface area contributed by atoms with Crippen molar-refractivity contribution in [1.82, 2.24) is 5.32 Å². The molecule has 9 heteroatoms. The second kappa shape index (κ2) is 12.8. The summed E-state index contributed by atoms with van der Waals surface area (Å²) in [4.78, 5) is 19.4. The van der Waals surface area contributed by atoms with Crippen LogP contribution in [0, 0.1) is 0 Å². The number of carboxylic acid groups (broad SMARTS) is 2. The molecule has 6 nitrogen and oxygen atoms in total. The smallest absolute Gasteiger partial charge is 0.490 e. The molecule has 0 atom stereocenters. The summed E-state index contributed by atoms with van der Waals surface area (Å²) >= 11 is 0. The van der Waals surface area contributed by atoms with Crippen LogP contribution in [0.4, 0.5) is 13.2 Å². The highest BCUT2D eigenvalue weighted by atomic mass is 19.4. The first-order chi connectivity index (χ1) is 15.3. The molecule has 0 aromatic heterocycles. The van der Waals surface area contributed by atoms with E-state index in [-0.39, 0.29) is 11.8 Å². The van der Waals surface area contributed by atoms with Gasteiger partial charge in [0, 0.05) is 19.5 Å². The van der Waals surface area contributed by atoms with E-state index in [1.165, 1.54) is 11.1 Å². The Morgan fingerprint density at radius 3 is 2.09 bits per heavy atom. The zero-order chi connectivity index (χ0) is 25.1. The molecular weight excluding hydrogens is 439 g/mol. The van der Waals surface area contributed by atoms with Crippen molar-refractivity contribution >= 4 is 11.9 Å². The molecule has 0 saturated heterocycles. The Morgan fingerprint density at radius 2 is 1.58 bits per heavy atom. The third-order valence-electron chi connectivity index (χ3n) is 4.47. The first kappa shape index (κ1) is 28.0.